The fourth-order valence-electron chi connectivity index (χ4n) is 2.63. The lowest BCUT2D eigenvalue weighted by Crippen LogP contribution is -2.42. The number of amides is 1. The van der Waals surface area contributed by atoms with Gasteiger partial charge in [0.15, 0.2) is 5.43 Å². The average Bonchev–Trinajstić information content (AvgIpc) is 2.53. The Kier molecular flexibility index (Phi) is 5.62. The van der Waals surface area contributed by atoms with Gasteiger partial charge in [-0.05, 0) is 30.4 Å². The Labute approximate surface area is 146 Å². The average molecular weight is 344 g/mol. The lowest BCUT2D eigenvalue weighted by Gasteiger charge is -2.22. The van der Waals surface area contributed by atoms with Crippen LogP contribution in [0.25, 0.3) is 10.9 Å². The third kappa shape index (κ3) is 5.17. The Bertz CT molecular complexity index is 833. The Balaban J connectivity index is 2.12. The summed E-state index contributed by atoms with van der Waals surface area (Å²) in [6.45, 7) is 6.04. The number of carboxylic acids is 1. The lowest BCUT2D eigenvalue weighted by molar-refractivity contribution is -0.142. The van der Waals surface area contributed by atoms with Gasteiger partial charge in [-0.15, -0.1) is 0 Å². The summed E-state index contributed by atoms with van der Waals surface area (Å²) in [5.74, 6) is -1.43. The number of pyridine rings is 1. The Morgan fingerprint density at radius 1 is 1.20 bits per heavy atom. The molecule has 0 saturated heterocycles. The summed E-state index contributed by atoms with van der Waals surface area (Å²) in [6, 6.07) is 7.51. The number of fused-ring (bicyclic) bond motifs is 1. The van der Waals surface area contributed by atoms with Gasteiger partial charge in [-0.3, -0.25) is 9.59 Å². The maximum atomic E-state index is 12.3. The number of carbonyl (C=O) groups excluding carboxylic acids is 1. The van der Waals surface area contributed by atoms with E-state index in [0.717, 1.165) is 0 Å². The van der Waals surface area contributed by atoms with E-state index in [1.54, 1.807) is 35.0 Å². The zero-order valence-corrected chi connectivity index (χ0v) is 14.8. The predicted octanol–water partition coefficient (Wildman–Crippen LogP) is 2.40. The first-order valence-electron chi connectivity index (χ1n) is 8.28. The van der Waals surface area contributed by atoms with Crippen LogP contribution in [0.1, 0.15) is 33.6 Å². The van der Waals surface area contributed by atoms with Crippen molar-refractivity contribution in [2.24, 2.45) is 5.41 Å². The van der Waals surface area contributed by atoms with Crippen LogP contribution in [0.15, 0.2) is 41.3 Å². The highest BCUT2D eigenvalue weighted by Crippen LogP contribution is 2.21. The fraction of sp³-hybridized carbons (Fsp3) is 0.421. The number of carboxylic acid groups (broad SMARTS) is 1. The molecule has 2 aromatic rings. The van der Waals surface area contributed by atoms with Crippen LogP contribution >= 0.6 is 0 Å². The van der Waals surface area contributed by atoms with Gasteiger partial charge in [0, 0.05) is 17.6 Å². The Morgan fingerprint density at radius 3 is 2.52 bits per heavy atom. The van der Waals surface area contributed by atoms with Crippen LogP contribution < -0.4 is 10.7 Å². The molecule has 1 heterocycles. The largest absolute Gasteiger partial charge is 0.480 e. The van der Waals surface area contributed by atoms with Gasteiger partial charge in [0.05, 0.1) is 5.52 Å². The van der Waals surface area contributed by atoms with Gasteiger partial charge in [0.1, 0.15) is 12.6 Å². The number of nitrogens with one attached hydrogen (secondary N) is 1. The zero-order chi connectivity index (χ0) is 18.6. The van der Waals surface area contributed by atoms with E-state index in [9.17, 15) is 19.5 Å². The molecule has 0 aliphatic carbocycles. The molecule has 1 aromatic heterocycles. The van der Waals surface area contributed by atoms with Crippen molar-refractivity contribution in [1.29, 1.82) is 0 Å². The van der Waals surface area contributed by atoms with Crippen molar-refractivity contribution in [3.63, 3.8) is 0 Å². The molecule has 0 spiro atoms. The van der Waals surface area contributed by atoms with Gasteiger partial charge in [0.2, 0.25) is 5.91 Å². The van der Waals surface area contributed by atoms with Crippen molar-refractivity contribution in [2.75, 3.05) is 0 Å². The second kappa shape index (κ2) is 7.51. The number of nitrogens with zero attached hydrogens (tertiary/aromatic N) is 1. The first kappa shape index (κ1) is 18.7. The Hall–Kier alpha value is -2.63. The number of aromatic nitrogens is 1. The molecule has 134 valence electrons. The van der Waals surface area contributed by atoms with E-state index in [1.807, 2.05) is 20.8 Å². The summed E-state index contributed by atoms with van der Waals surface area (Å²) in [7, 11) is 0. The van der Waals surface area contributed by atoms with Crippen LogP contribution in [-0.2, 0) is 16.1 Å². The molecule has 0 aliphatic heterocycles. The molecule has 2 rings (SSSR count). The second-order valence-corrected chi connectivity index (χ2v) is 7.38. The molecule has 1 aromatic carbocycles. The third-order valence-electron chi connectivity index (χ3n) is 4.02. The van der Waals surface area contributed by atoms with E-state index in [0.29, 0.717) is 23.7 Å². The lowest BCUT2D eigenvalue weighted by atomic mass is 9.88. The number of aliphatic carboxylic acids is 1. The molecule has 1 atom stereocenters. The smallest absolute Gasteiger partial charge is 0.326 e. The van der Waals surface area contributed by atoms with Crippen molar-refractivity contribution in [2.45, 2.75) is 46.2 Å². The first-order chi connectivity index (χ1) is 11.7. The van der Waals surface area contributed by atoms with Gasteiger partial charge >= 0.3 is 5.97 Å². The molecule has 25 heavy (non-hydrogen) atoms. The van der Waals surface area contributed by atoms with E-state index in [4.69, 9.17) is 0 Å². The van der Waals surface area contributed by atoms with Crippen LogP contribution in [-0.4, -0.2) is 27.6 Å². The number of hydrogen-bond donors (Lipinski definition) is 2. The normalized spacial score (nSPS) is 12.8. The molecule has 0 aliphatic rings. The van der Waals surface area contributed by atoms with Crippen LogP contribution in [0.2, 0.25) is 0 Å². The highest BCUT2D eigenvalue weighted by molar-refractivity contribution is 5.85. The van der Waals surface area contributed by atoms with Gasteiger partial charge in [0.25, 0.3) is 0 Å². The minimum atomic E-state index is -1.04. The van der Waals surface area contributed by atoms with E-state index < -0.39 is 17.9 Å². The number of hydrogen-bond acceptors (Lipinski definition) is 3. The third-order valence-corrected chi connectivity index (χ3v) is 4.02. The highest BCUT2D eigenvalue weighted by atomic mass is 16.4. The zero-order valence-electron chi connectivity index (χ0n) is 14.8. The predicted molar refractivity (Wildman–Crippen MR) is 96.5 cm³/mol. The summed E-state index contributed by atoms with van der Waals surface area (Å²) in [5.41, 5.74) is 0.528. The quantitative estimate of drug-likeness (QED) is 0.842. The van der Waals surface area contributed by atoms with E-state index >= 15 is 0 Å². The molecule has 6 nitrogen and oxygen atoms in total. The van der Waals surface area contributed by atoms with Gasteiger partial charge in [-0.2, -0.15) is 0 Å². The molecule has 0 saturated carbocycles. The molecule has 0 bridgehead atoms. The van der Waals surface area contributed by atoms with Gasteiger partial charge in [-0.25, -0.2) is 4.79 Å². The van der Waals surface area contributed by atoms with Crippen molar-refractivity contribution in [3.05, 3.63) is 46.8 Å². The second-order valence-electron chi connectivity index (χ2n) is 7.38. The van der Waals surface area contributed by atoms with Crippen molar-refractivity contribution in [3.8, 4) is 0 Å². The van der Waals surface area contributed by atoms with Crippen molar-refractivity contribution < 1.29 is 14.7 Å². The summed E-state index contributed by atoms with van der Waals surface area (Å²) < 4.78 is 1.65. The summed E-state index contributed by atoms with van der Waals surface area (Å²) in [6.07, 6.45) is 2.61. The number of benzene rings is 1. The van der Waals surface area contributed by atoms with Crippen LogP contribution in [0.3, 0.4) is 0 Å². The molecular formula is C19H24N2O4. The van der Waals surface area contributed by atoms with Crippen molar-refractivity contribution >= 4 is 22.8 Å². The summed E-state index contributed by atoms with van der Waals surface area (Å²) >= 11 is 0. The van der Waals surface area contributed by atoms with E-state index in [1.165, 1.54) is 6.07 Å². The molecule has 1 amide bonds. The fourth-order valence-corrected chi connectivity index (χ4v) is 2.63. The van der Waals surface area contributed by atoms with E-state index in [-0.39, 0.29) is 17.4 Å². The first-order valence-corrected chi connectivity index (χ1v) is 8.28. The highest BCUT2D eigenvalue weighted by Gasteiger charge is 2.22. The molecule has 0 radical (unpaired) electrons. The summed E-state index contributed by atoms with van der Waals surface area (Å²) in [4.78, 5) is 35.6. The topological polar surface area (TPSA) is 88.4 Å². The minimum absolute atomic E-state index is 0.00661. The van der Waals surface area contributed by atoms with Crippen LogP contribution in [0, 0.1) is 5.41 Å². The number of para-hydroxylation sites is 1. The maximum Gasteiger partial charge on any atom is 0.326 e. The Morgan fingerprint density at radius 2 is 1.88 bits per heavy atom. The standard InChI is InChI=1S/C19H24N2O4/c1-19(2,3)10-8-14(18(24)25)20-17(23)12-21-11-9-16(22)13-6-4-5-7-15(13)21/h4-7,9,11,14H,8,10,12H2,1-3H3,(H,20,23)(H,24,25). The SMILES string of the molecule is CC(C)(C)CCC(NC(=O)Cn1ccc(=O)c2ccccc21)C(=O)O. The molecule has 0 fully saturated rings. The monoisotopic (exact) mass is 344 g/mol. The van der Waals surface area contributed by atoms with Crippen LogP contribution in [0.4, 0.5) is 0 Å². The molecular weight excluding hydrogens is 320 g/mol. The molecule has 1 unspecified atom stereocenters. The van der Waals surface area contributed by atoms with Crippen molar-refractivity contribution in [1.82, 2.24) is 9.88 Å². The molecule has 2 N–H and O–H groups in total. The van der Waals surface area contributed by atoms with E-state index in [2.05, 4.69) is 5.32 Å². The summed E-state index contributed by atoms with van der Waals surface area (Å²) in [5, 5.41) is 12.4. The molecule has 6 heteroatoms. The minimum Gasteiger partial charge on any atom is -0.480 e. The number of rotatable bonds is 6. The number of carbonyl (C=O) groups is 2. The van der Waals surface area contributed by atoms with Gasteiger partial charge in [-0.1, -0.05) is 32.9 Å². The van der Waals surface area contributed by atoms with Crippen LogP contribution in [0.5, 0.6) is 0 Å². The maximum absolute atomic E-state index is 12.3. The van der Waals surface area contributed by atoms with Gasteiger partial charge < -0.3 is 15.0 Å².